The molecule has 13 heavy (non-hydrogen) atoms. The van der Waals surface area contributed by atoms with Crippen molar-refractivity contribution in [2.45, 2.75) is 45.6 Å². The van der Waals surface area contributed by atoms with Gasteiger partial charge < -0.3 is 5.73 Å². The third kappa shape index (κ3) is 3.22. The molecule has 1 aliphatic carbocycles. The predicted molar refractivity (Wildman–Crippen MR) is 52.6 cm³/mol. The fraction of sp³-hybridized carbons (Fsp3) is 0.889. The molecule has 0 spiro atoms. The number of aliphatic imine (C=N–C) groups is 1. The Morgan fingerprint density at radius 2 is 2.00 bits per heavy atom. The van der Waals surface area contributed by atoms with E-state index in [-0.39, 0.29) is 12.0 Å². The number of rotatable bonds is 1. The number of nitrogens with one attached hydrogen (secondary N) is 1. The van der Waals surface area contributed by atoms with Crippen LogP contribution in [-0.4, -0.2) is 17.2 Å². The maximum absolute atomic E-state index is 8.46. The highest BCUT2D eigenvalue weighted by Crippen LogP contribution is 2.36. The van der Waals surface area contributed by atoms with E-state index in [1.165, 1.54) is 12.8 Å². The summed E-state index contributed by atoms with van der Waals surface area (Å²) in [4.78, 5) is 4.15. The van der Waals surface area contributed by atoms with E-state index in [0.29, 0.717) is 5.41 Å². The third-order valence-electron chi connectivity index (χ3n) is 2.74. The quantitative estimate of drug-likeness (QED) is 0.327. The van der Waals surface area contributed by atoms with Gasteiger partial charge in [-0.15, -0.1) is 0 Å². The lowest BCUT2D eigenvalue weighted by molar-refractivity contribution is 0.218. The van der Waals surface area contributed by atoms with Crippen LogP contribution in [0.15, 0.2) is 4.99 Å². The van der Waals surface area contributed by atoms with E-state index >= 15 is 0 Å². The molecule has 0 atom stereocenters. The molecule has 4 N–H and O–H groups in total. The Kier molecular flexibility index (Phi) is 3.14. The van der Waals surface area contributed by atoms with Crippen LogP contribution in [0.25, 0.3) is 0 Å². The minimum atomic E-state index is 0.129. The molecule has 1 rings (SSSR count). The van der Waals surface area contributed by atoms with Crippen LogP contribution < -0.4 is 11.2 Å². The summed E-state index contributed by atoms with van der Waals surface area (Å²) in [5.74, 6) is 0.129. The van der Waals surface area contributed by atoms with Gasteiger partial charge in [-0.3, -0.25) is 5.21 Å². The predicted octanol–water partition coefficient (Wildman–Crippen LogP) is 1.25. The van der Waals surface area contributed by atoms with Gasteiger partial charge in [0.05, 0.1) is 6.04 Å². The standard InChI is InChI=1S/C9H19N3O/c1-9(2)5-3-7(4-6-9)11-8(10)12-13/h7,13H,3-6H2,1-2H3,(H3,10,11,12). The molecular formula is C9H19N3O. The van der Waals surface area contributed by atoms with Gasteiger partial charge in [0, 0.05) is 0 Å². The van der Waals surface area contributed by atoms with Gasteiger partial charge in [-0.2, -0.15) is 0 Å². The Balaban J connectivity index is 2.42. The molecule has 0 amide bonds. The zero-order valence-corrected chi connectivity index (χ0v) is 8.38. The molecule has 1 aliphatic rings. The van der Waals surface area contributed by atoms with Gasteiger partial charge in [-0.05, 0) is 31.1 Å². The number of guanidine groups is 1. The van der Waals surface area contributed by atoms with E-state index in [2.05, 4.69) is 18.8 Å². The average molecular weight is 185 g/mol. The van der Waals surface area contributed by atoms with Crippen LogP contribution in [0.1, 0.15) is 39.5 Å². The summed E-state index contributed by atoms with van der Waals surface area (Å²) in [7, 11) is 0. The van der Waals surface area contributed by atoms with Crippen molar-refractivity contribution in [1.29, 1.82) is 0 Å². The molecule has 0 aromatic heterocycles. The van der Waals surface area contributed by atoms with Gasteiger partial charge in [0.15, 0.2) is 0 Å². The molecule has 1 saturated carbocycles. The van der Waals surface area contributed by atoms with Crippen LogP contribution in [0.5, 0.6) is 0 Å². The molecule has 0 saturated heterocycles. The number of nitrogens with zero attached hydrogens (tertiary/aromatic N) is 1. The van der Waals surface area contributed by atoms with E-state index in [0.717, 1.165) is 12.8 Å². The Hall–Kier alpha value is -0.770. The normalized spacial score (nSPS) is 24.4. The van der Waals surface area contributed by atoms with Crippen LogP contribution in [0.4, 0.5) is 0 Å². The molecule has 76 valence electrons. The first-order chi connectivity index (χ1) is 6.03. The van der Waals surface area contributed by atoms with E-state index < -0.39 is 0 Å². The van der Waals surface area contributed by atoms with Gasteiger partial charge in [-0.1, -0.05) is 13.8 Å². The Morgan fingerprint density at radius 3 is 2.46 bits per heavy atom. The molecule has 1 fully saturated rings. The smallest absolute Gasteiger partial charge is 0.213 e. The zero-order valence-electron chi connectivity index (χ0n) is 8.38. The van der Waals surface area contributed by atoms with Gasteiger partial charge in [0.25, 0.3) is 0 Å². The van der Waals surface area contributed by atoms with E-state index in [4.69, 9.17) is 10.9 Å². The van der Waals surface area contributed by atoms with Gasteiger partial charge >= 0.3 is 0 Å². The fourth-order valence-corrected chi connectivity index (χ4v) is 1.74. The number of hydroxylamine groups is 1. The topological polar surface area (TPSA) is 70.6 Å². The van der Waals surface area contributed by atoms with Crippen molar-refractivity contribution >= 4 is 5.96 Å². The summed E-state index contributed by atoms with van der Waals surface area (Å²) in [6, 6.07) is 0.285. The lowest BCUT2D eigenvalue weighted by Gasteiger charge is -2.32. The van der Waals surface area contributed by atoms with E-state index in [1.807, 2.05) is 5.48 Å². The van der Waals surface area contributed by atoms with Crippen LogP contribution in [-0.2, 0) is 0 Å². The lowest BCUT2D eigenvalue weighted by Crippen LogP contribution is -2.32. The first-order valence-electron chi connectivity index (χ1n) is 4.77. The Bertz CT molecular complexity index is 191. The first kappa shape index (κ1) is 10.3. The molecule has 4 heteroatoms. The summed E-state index contributed by atoms with van der Waals surface area (Å²) >= 11 is 0. The second kappa shape index (κ2) is 3.96. The van der Waals surface area contributed by atoms with Crippen LogP contribution in [0.2, 0.25) is 0 Å². The minimum Gasteiger partial charge on any atom is -0.368 e. The Labute approximate surface area is 79.2 Å². The van der Waals surface area contributed by atoms with Crippen molar-refractivity contribution in [2.75, 3.05) is 0 Å². The largest absolute Gasteiger partial charge is 0.368 e. The maximum Gasteiger partial charge on any atom is 0.213 e. The SMILES string of the molecule is CC1(C)CCC(N=C(N)NO)CC1. The zero-order chi connectivity index (χ0) is 9.90. The average Bonchev–Trinajstić information content (AvgIpc) is 2.08. The number of hydrogen-bond donors (Lipinski definition) is 3. The molecular weight excluding hydrogens is 166 g/mol. The van der Waals surface area contributed by atoms with E-state index in [1.54, 1.807) is 0 Å². The summed E-state index contributed by atoms with van der Waals surface area (Å²) in [6.45, 7) is 4.56. The monoisotopic (exact) mass is 185 g/mol. The lowest BCUT2D eigenvalue weighted by atomic mass is 9.76. The fourth-order valence-electron chi connectivity index (χ4n) is 1.74. The summed E-state index contributed by atoms with van der Waals surface area (Å²) in [6.07, 6.45) is 4.49. The van der Waals surface area contributed by atoms with Crippen LogP contribution in [0.3, 0.4) is 0 Å². The Morgan fingerprint density at radius 1 is 1.46 bits per heavy atom. The molecule has 0 aliphatic heterocycles. The van der Waals surface area contributed by atoms with Gasteiger partial charge in [0.2, 0.25) is 5.96 Å². The van der Waals surface area contributed by atoms with E-state index in [9.17, 15) is 0 Å². The van der Waals surface area contributed by atoms with Crippen molar-refractivity contribution in [3.05, 3.63) is 0 Å². The highest BCUT2D eigenvalue weighted by atomic mass is 16.5. The minimum absolute atomic E-state index is 0.129. The van der Waals surface area contributed by atoms with Crippen molar-refractivity contribution in [3.63, 3.8) is 0 Å². The summed E-state index contributed by atoms with van der Waals surface area (Å²) < 4.78 is 0. The molecule has 0 heterocycles. The van der Waals surface area contributed by atoms with Crippen LogP contribution >= 0.6 is 0 Å². The second-order valence-corrected chi connectivity index (χ2v) is 4.52. The third-order valence-corrected chi connectivity index (χ3v) is 2.74. The van der Waals surface area contributed by atoms with Crippen molar-refractivity contribution < 1.29 is 5.21 Å². The molecule has 0 radical (unpaired) electrons. The van der Waals surface area contributed by atoms with Gasteiger partial charge in [-0.25, -0.2) is 10.5 Å². The molecule has 0 unspecified atom stereocenters. The summed E-state index contributed by atoms with van der Waals surface area (Å²) in [5, 5.41) is 8.46. The summed E-state index contributed by atoms with van der Waals surface area (Å²) in [5.41, 5.74) is 7.67. The highest BCUT2D eigenvalue weighted by molar-refractivity contribution is 5.76. The maximum atomic E-state index is 8.46. The molecule has 0 aromatic rings. The van der Waals surface area contributed by atoms with Crippen molar-refractivity contribution in [3.8, 4) is 0 Å². The molecule has 0 aromatic carbocycles. The van der Waals surface area contributed by atoms with Crippen molar-refractivity contribution in [1.82, 2.24) is 5.48 Å². The van der Waals surface area contributed by atoms with Crippen LogP contribution in [0, 0.1) is 5.41 Å². The second-order valence-electron chi connectivity index (χ2n) is 4.52. The number of hydrogen-bond acceptors (Lipinski definition) is 2. The molecule has 4 nitrogen and oxygen atoms in total. The van der Waals surface area contributed by atoms with Gasteiger partial charge in [0.1, 0.15) is 0 Å². The first-order valence-corrected chi connectivity index (χ1v) is 4.77. The highest BCUT2D eigenvalue weighted by Gasteiger charge is 2.26. The number of nitrogens with two attached hydrogens (primary N) is 1. The van der Waals surface area contributed by atoms with Crippen molar-refractivity contribution in [2.24, 2.45) is 16.1 Å². The molecule has 0 bridgehead atoms.